The monoisotopic (exact) mass is 353 g/mol. The molecular formula is C13H9Br2NO. The molecule has 0 aliphatic heterocycles. The highest BCUT2D eigenvalue weighted by atomic mass is 79.9. The van der Waals surface area contributed by atoms with E-state index in [0.29, 0.717) is 16.8 Å². The summed E-state index contributed by atoms with van der Waals surface area (Å²) in [6, 6.07) is 12.4. The zero-order chi connectivity index (χ0) is 12.4. The number of hydrogen-bond acceptors (Lipinski definition) is 2. The zero-order valence-electron chi connectivity index (χ0n) is 8.78. The Kier molecular flexibility index (Phi) is 3.64. The van der Waals surface area contributed by atoms with Gasteiger partial charge in [0.1, 0.15) is 0 Å². The minimum absolute atomic E-state index is 0.0447. The van der Waals surface area contributed by atoms with Crippen molar-refractivity contribution in [3.63, 3.8) is 0 Å². The Morgan fingerprint density at radius 2 is 1.65 bits per heavy atom. The van der Waals surface area contributed by atoms with E-state index in [-0.39, 0.29) is 5.78 Å². The van der Waals surface area contributed by atoms with Crippen LogP contribution < -0.4 is 5.73 Å². The lowest BCUT2D eigenvalue weighted by molar-refractivity contribution is 0.103. The maximum Gasteiger partial charge on any atom is 0.194 e. The molecule has 0 spiro atoms. The molecule has 0 aromatic heterocycles. The third kappa shape index (κ3) is 2.76. The van der Waals surface area contributed by atoms with Gasteiger partial charge < -0.3 is 5.73 Å². The SMILES string of the molecule is Nc1ccc(Br)c(C(=O)c2ccc(Br)cc2)c1. The molecule has 2 rings (SSSR count). The molecule has 86 valence electrons. The van der Waals surface area contributed by atoms with E-state index >= 15 is 0 Å². The summed E-state index contributed by atoms with van der Waals surface area (Å²) in [6.45, 7) is 0. The van der Waals surface area contributed by atoms with Crippen molar-refractivity contribution in [3.8, 4) is 0 Å². The average Bonchev–Trinajstić information content (AvgIpc) is 2.32. The van der Waals surface area contributed by atoms with Crippen molar-refractivity contribution >= 4 is 43.3 Å². The van der Waals surface area contributed by atoms with Crippen LogP contribution in [0.1, 0.15) is 15.9 Å². The molecule has 0 bridgehead atoms. The number of halogens is 2. The average molecular weight is 355 g/mol. The van der Waals surface area contributed by atoms with Gasteiger partial charge in [0.05, 0.1) is 0 Å². The smallest absolute Gasteiger partial charge is 0.194 e. The van der Waals surface area contributed by atoms with Gasteiger partial charge in [-0.3, -0.25) is 4.79 Å². The molecule has 0 atom stereocenters. The Bertz CT molecular complexity index is 564. The van der Waals surface area contributed by atoms with Crippen molar-refractivity contribution in [1.82, 2.24) is 0 Å². The first-order valence-electron chi connectivity index (χ1n) is 4.93. The predicted molar refractivity (Wildman–Crippen MR) is 76.1 cm³/mol. The van der Waals surface area contributed by atoms with Gasteiger partial charge in [-0.25, -0.2) is 0 Å². The second kappa shape index (κ2) is 5.02. The van der Waals surface area contributed by atoms with Crippen LogP contribution in [0.15, 0.2) is 51.4 Å². The summed E-state index contributed by atoms with van der Waals surface area (Å²) < 4.78 is 1.69. The largest absolute Gasteiger partial charge is 0.399 e. The van der Waals surface area contributed by atoms with Gasteiger partial charge in [-0.05, 0) is 42.5 Å². The maximum atomic E-state index is 12.2. The lowest BCUT2D eigenvalue weighted by Gasteiger charge is -2.05. The van der Waals surface area contributed by atoms with Crippen LogP contribution in [0.3, 0.4) is 0 Å². The van der Waals surface area contributed by atoms with Crippen molar-refractivity contribution < 1.29 is 4.79 Å². The van der Waals surface area contributed by atoms with Crippen LogP contribution in [-0.4, -0.2) is 5.78 Å². The van der Waals surface area contributed by atoms with E-state index in [4.69, 9.17) is 5.73 Å². The standard InChI is InChI=1S/C13H9Br2NO/c14-9-3-1-8(2-4-9)13(17)11-7-10(16)5-6-12(11)15/h1-7H,16H2. The van der Waals surface area contributed by atoms with Gasteiger partial charge >= 0.3 is 0 Å². The van der Waals surface area contributed by atoms with E-state index in [2.05, 4.69) is 31.9 Å². The number of nitrogen functional groups attached to an aromatic ring is 1. The fourth-order valence-electron chi connectivity index (χ4n) is 1.47. The third-order valence-corrected chi connectivity index (χ3v) is 3.56. The van der Waals surface area contributed by atoms with Gasteiger partial charge in [-0.2, -0.15) is 0 Å². The fourth-order valence-corrected chi connectivity index (χ4v) is 2.16. The maximum absolute atomic E-state index is 12.2. The highest BCUT2D eigenvalue weighted by Gasteiger charge is 2.12. The van der Waals surface area contributed by atoms with Gasteiger partial charge in [0.25, 0.3) is 0 Å². The second-order valence-electron chi connectivity index (χ2n) is 3.58. The highest BCUT2D eigenvalue weighted by Crippen LogP contribution is 2.23. The van der Waals surface area contributed by atoms with Gasteiger partial charge in [0.2, 0.25) is 0 Å². The quantitative estimate of drug-likeness (QED) is 0.653. The Balaban J connectivity index is 2.43. The first kappa shape index (κ1) is 12.3. The third-order valence-electron chi connectivity index (χ3n) is 2.34. The first-order chi connectivity index (χ1) is 8.08. The molecule has 2 aromatic rings. The molecule has 0 heterocycles. The zero-order valence-corrected chi connectivity index (χ0v) is 12.0. The lowest BCUT2D eigenvalue weighted by atomic mass is 10.0. The molecule has 0 saturated carbocycles. The van der Waals surface area contributed by atoms with Crippen molar-refractivity contribution in [2.75, 3.05) is 5.73 Å². The molecule has 0 radical (unpaired) electrons. The van der Waals surface area contributed by atoms with Crippen LogP contribution in [0.2, 0.25) is 0 Å². The molecular weight excluding hydrogens is 346 g/mol. The van der Waals surface area contributed by atoms with E-state index in [1.165, 1.54) is 0 Å². The first-order valence-corrected chi connectivity index (χ1v) is 6.52. The summed E-state index contributed by atoms with van der Waals surface area (Å²) in [5, 5.41) is 0. The van der Waals surface area contributed by atoms with Gasteiger partial charge in [0.15, 0.2) is 5.78 Å². The second-order valence-corrected chi connectivity index (χ2v) is 5.35. The van der Waals surface area contributed by atoms with Gasteiger partial charge in [-0.15, -0.1) is 0 Å². The van der Waals surface area contributed by atoms with E-state index in [1.807, 2.05) is 12.1 Å². The van der Waals surface area contributed by atoms with Crippen LogP contribution in [0.4, 0.5) is 5.69 Å². The number of nitrogens with two attached hydrogens (primary N) is 1. The molecule has 2 nitrogen and oxygen atoms in total. The lowest BCUT2D eigenvalue weighted by Crippen LogP contribution is -2.03. The molecule has 0 unspecified atom stereocenters. The molecule has 2 aromatic carbocycles. The van der Waals surface area contributed by atoms with E-state index in [1.54, 1.807) is 30.3 Å². The Morgan fingerprint density at radius 3 is 2.29 bits per heavy atom. The predicted octanol–water partition coefficient (Wildman–Crippen LogP) is 4.02. The highest BCUT2D eigenvalue weighted by molar-refractivity contribution is 9.10. The van der Waals surface area contributed by atoms with Gasteiger partial charge in [0, 0.05) is 25.8 Å². The van der Waals surface area contributed by atoms with Crippen LogP contribution in [0.25, 0.3) is 0 Å². The Labute approximate surface area is 116 Å². The number of anilines is 1. The number of carbonyl (C=O) groups excluding carboxylic acids is 1. The fraction of sp³-hybridized carbons (Fsp3) is 0. The summed E-state index contributed by atoms with van der Waals surface area (Å²) in [6.07, 6.45) is 0. The Morgan fingerprint density at radius 1 is 1.00 bits per heavy atom. The van der Waals surface area contributed by atoms with Crippen LogP contribution in [-0.2, 0) is 0 Å². The molecule has 17 heavy (non-hydrogen) atoms. The van der Waals surface area contributed by atoms with E-state index in [0.717, 1.165) is 8.95 Å². The molecule has 0 aliphatic carbocycles. The van der Waals surface area contributed by atoms with Crippen molar-refractivity contribution in [1.29, 1.82) is 0 Å². The van der Waals surface area contributed by atoms with Crippen molar-refractivity contribution in [2.24, 2.45) is 0 Å². The summed E-state index contributed by atoms with van der Waals surface area (Å²) >= 11 is 6.69. The topological polar surface area (TPSA) is 43.1 Å². The van der Waals surface area contributed by atoms with E-state index < -0.39 is 0 Å². The van der Waals surface area contributed by atoms with Crippen LogP contribution in [0, 0.1) is 0 Å². The molecule has 0 amide bonds. The normalized spacial score (nSPS) is 10.2. The van der Waals surface area contributed by atoms with Gasteiger partial charge in [-0.1, -0.05) is 31.9 Å². The van der Waals surface area contributed by atoms with Crippen molar-refractivity contribution in [3.05, 3.63) is 62.5 Å². The summed E-state index contributed by atoms with van der Waals surface area (Å²) in [5.74, 6) is -0.0447. The molecule has 0 saturated heterocycles. The number of ketones is 1. The minimum Gasteiger partial charge on any atom is -0.399 e. The Hall–Kier alpha value is -1.13. The van der Waals surface area contributed by atoms with Crippen LogP contribution >= 0.6 is 31.9 Å². The van der Waals surface area contributed by atoms with Crippen LogP contribution in [0.5, 0.6) is 0 Å². The summed E-state index contributed by atoms with van der Waals surface area (Å²) in [4.78, 5) is 12.2. The number of hydrogen-bond donors (Lipinski definition) is 1. The number of rotatable bonds is 2. The number of benzene rings is 2. The summed E-state index contributed by atoms with van der Waals surface area (Å²) in [5.41, 5.74) is 7.48. The molecule has 0 fully saturated rings. The van der Waals surface area contributed by atoms with Crippen molar-refractivity contribution in [2.45, 2.75) is 0 Å². The number of carbonyl (C=O) groups is 1. The molecule has 2 N–H and O–H groups in total. The van der Waals surface area contributed by atoms with E-state index in [9.17, 15) is 4.79 Å². The molecule has 4 heteroatoms. The summed E-state index contributed by atoms with van der Waals surface area (Å²) in [7, 11) is 0. The molecule has 0 aliphatic rings. The minimum atomic E-state index is -0.0447.